The molecule has 0 aromatic carbocycles. The maximum absolute atomic E-state index is 11.9. The van der Waals surface area contributed by atoms with E-state index in [4.69, 9.17) is 4.74 Å². The third-order valence-electron chi connectivity index (χ3n) is 2.91. The van der Waals surface area contributed by atoms with E-state index in [1.54, 1.807) is 19.5 Å². The lowest BCUT2D eigenvalue weighted by Crippen LogP contribution is -2.40. The molecule has 0 bridgehead atoms. The Morgan fingerprint density at radius 3 is 2.80 bits per heavy atom. The van der Waals surface area contributed by atoms with E-state index >= 15 is 0 Å². The number of hydrogen-bond donors (Lipinski definition) is 1. The van der Waals surface area contributed by atoms with E-state index in [-0.39, 0.29) is 5.91 Å². The summed E-state index contributed by atoms with van der Waals surface area (Å²) in [6.07, 6.45) is 5.71. The molecule has 1 amide bonds. The van der Waals surface area contributed by atoms with Crippen LogP contribution in [0.5, 0.6) is 0 Å². The summed E-state index contributed by atoms with van der Waals surface area (Å²) in [4.78, 5) is 16.7. The summed E-state index contributed by atoms with van der Waals surface area (Å²) in [6.45, 7) is 1.59. The fourth-order valence-electron chi connectivity index (χ4n) is 1.93. The average Bonchev–Trinajstić information content (AvgIpc) is 2.82. The number of carbonyl (C=O) groups is 1. The van der Waals surface area contributed by atoms with Gasteiger partial charge in [-0.05, 0) is 18.9 Å². The molecule has 15 heavy (non-hydrogen) atoms. The largest absolute Gasteiger partial charge is 0.381 e. The van der Waals surface area contributed by atoms with Crippen molar-refractivity contribution in [2.24, 2.45) is 0 Å². The topological polar surface area (TPSA) is 45.3 Å². The second-order valence-corrected chi connectivity index (χ2v) is 3.83. The molecule has 1 aromatic heterocycles. The fraction of sp³-hybridized carbons (Fsp3) is 0.545. The second-order valence-electron chi connectivity index (χ2n) is 3.83. The van der Waals surface area contributed by atoms with Crippen LogP contribution in [0.4, 0.5) is 0 Å². The van der Waals surface area contributed by atoms with Crippen molar-refractivity contribution >= 4 is 5.91 Å². The molecule has 82 valence electrons. The molecule has 1 N–H and O–H groups in total. The van der Waals surface area contributed by atoms with Crippen LogP contribution in [0.15, 0.2) is 18.5 Å². The molecule has 4 nitrogen and oxygen atoms in total. The Morgan fingerprint density at radius 2 is 2.27 bits per heavy atom. The minimum absolute atomic E-state index is 0.116. The van der Waals surface area contributed by atoms with Crippen LogP contribution in [-0.2, 0) is 4.74 Å². The summed E-state index contributed by atoms with van der Waals surface area (Å²) in [7, 11) is 1.73. The quantitative estimate of drug-likeness (QED) is 0.795. The standard InChI is InChI=1S/C11H16N2O2/c1-15-10-3-6-13(7-4-10)11(14)9-2-5-12-8-9/h2,5,8,10,12H,3-4,6-7H2,1H3. The van der Waals surface area contributed by atoms with Gasteiger partial charge in [-0.1, -0.05) is 0 Å². The van der Waals surface area contributed by atoms with Crippen molar-refractivity contribution in [1.29, 1.82) is 0 Å². The Morgan fingerprint density at radius 1 is 1.53 bits per heavy atom. The van der Waals surface area contributed by atoms with Gasteiger partial charge >= 0.3 is 0 Å². The number of aromatic amines is 1. The lowest BCUT2D eigenvalue weighted by Gasteiger charge is -2.31. The van der Waals surface area contributed by atoms with Gasteiger partial charge in [-0.2, -0.15) is 0 Å². The smallest absolute Gasteiger partial charge is 0.255 e. The molecule has 0 unspecified atom stereocenters. The highest BCUT2D eigenvalue weighted by Crippen LogP contribution is 2.15. The first kappa shape index (κ1) is 10.2. The Kier molecular flexibility index (Phi) is 3.06. The number of likely N-dealkylation sites (tertiary alicyclic amines) is 1. The maximum atomic E-state index is 11.9. The predicted octanol–water partition coefficient (Wildman–Crippen LogP) is 1.27. The van der Waals surface area contributed by atoms with Crippen molar-refractivity contribution in [2.45, 2.75) is 18.9 Å². The lowest BCUT2D eigenvalue weighted by atomic mass is 10.1. The van der Waals surface area contributed by atoms with E-state index < -0.39 is 0 Å². The highest BCUT2D eigenvalue weighted by molar-refractivity contribution is 5.94. The zero-order valence-corrected chi connectivity index (χ0v) is 8.90. The summed E-state index contributed by atoms with van der Waals surface area (Å²) in [5.74, 6) is 0.116. The van der Waals surface area contributed by atoms with Gasteiger partial charge in [0.2, 0.25) is 0 Å². The highest BCUT2D eigenvalue weighted by atomic mass is 16.5. The number of nitrogens with one attached hydrogen (secondary N) is 1. The SMILES string of the molecule is COC1CCN(C(=O)c2cc[nH]c2)CC1. The fourth-order valence-corrected chi connectivity index (χ4v) is 1.93. The second kappa shape index (κ2) is 4.49. The summed E-state index contributed by atoms with van der Waals surface area (Å²) in [5, 5.41) is 0. The number of H-pyrrole nitrogens is 1. The molecule has 4 heteroatoms. The van der Waals surface area contributed by atoms with Gasteiger partial charge < -0.3 is 14.6 Å². The zero-order chi connectivity index (χ0) is 10.7. The van der Waals surface area contributed by atoms with Gasteiger partial charge in [-0.3, -0.25) is 4.79 Å². The first-order valence-electron chi connectivity index (χ1n) is 5.26. The van der Waals surface area contributed by atoms with Gasteiger partial charge in [0, 0.05) is 32.6 Å². The predicted molar refractivity (Wildman–Crippen MR) is 56.7 cm³/mol. The average molecular weight is 208 g/mol. The minimum atomic E-state index is 0.116. The molecule has 1 aliphatic rings. The van der Waals surface area contributed by atoms with Gasteiger partial charge in [-0.25, -0.2) is 0 Å². The number of nitrogens with zero attached hydrogens (tertiary/aromatic N) is 1. The zero-order valence-electron chi connectivity index (χ0n) is 8.90. The van der Waals surface area contributed by atoms with Crippen LogP contribution in [0.3, 0.4) is 0 Å². The first-order valence-corrected chi connectivity index (χ1v) is 5.26. The number of amides is 1. The van der Waals surface area contributed by atoms with Gasteiger partial charge in [0.05, 0.1) is 11.7 Å². The van der Waals surface area contributed by atoms with Crippen molar-refractivity contribution in [3.63, 3.8) is 0 Å². The van der Waals surface area contributed by atoms with E-state index in [1.807, 2.05) is 11.0 Å². The molecule has 0 radical (unpaired) electrons. The molecule has 0 spiro atoms. The summed E-state index contributed by atoms with van der Waals surface area (Å²) in [5.41, 5.74) is 0.742. The van der Waals surface area contributed by atoms with Gasteiger partial charge in [0.25, 0.3) is 5.91 Å². The lowest BCUT2D eigenvalue weighted by molar-refractivity contribution is 0.0351. The van der Waals surface area contributed by atoms with Crippen LogP contribution in [-0.4, -0.2) is 42.1 Å². The van der Waals surface area contributed by atoms with E-state index in [2.05, 4.69) is 4.98 Å². The van der Waals surface area contributed by atoms with Crippen LogP contribution in [0.2, 0.25) is 0 Å². The van der Waals surface area contributed by atoms with Crippen LogP contribution in [0.1, 0.15) is 23.2 Å². The molecule has 0 saturated carbocycles. The number of ether oxygens (including phenoxy) is 1. The third-order valence-corrected chi connectivity index (χ3v) is 2.91. The van der Waals surface area contributed by atoms with Crippen molar-refractivity contribution in [3.8, 4) is 0 Å². The summed E-state index contributed by atoms with van der Waals surface area (Å²) < 4.78 is 5.27. The van der Waals surface area contributed by atoms with E-state index in [0.29, 0.717) is 6.10 Å². The molecule has 1 aliphatic heterocycles. The number of rotatable bonds is 2. The van der Waals surface area contributed by atoms with Gasteiger partial charge in [-0.15, -0.1) is 0 Å². The van der Waals surface area contributed by atoms with E-state index in [0.717, 1.165) is 31.5 Å². The summed E-state index contributed by atoms with van der Waals surface area (Å²) >= 11 is 0. The third kappa shape index (κ3) is 2.21. The molecule has 2 heterocycles. The van der Waals surface area contributed by atoms with Crippen molar-refractivity contribution in [2.75, 3.05) is 20.2 Å². The minimum Gasteiger partial charge on any atom is -0.381 e. The number of hydrogen-bond acceptors (Lipinski definition) is 2. The first-order chi connectivity index (χ1) is 7.31. The van der Waals surface area contributed by atoms with Crippen LogP contribution in [0.25, 0.3) is 0 Å². The van der Waals surface area contributed by atoms with Crippen LogP contribution >= 0.6 is 0 Å². The Labute approximate surface area is 89.2 Å². The molecule has 1 fully saturated rings. The van der Waals surface area contributed by atoms with Crippen molar-refractivity contribution in [1.82, 2.24) is 9.88 Å². The highest BCUT2D eigenvalue weighted by Gasteiger charge is 2.23. The number of piperidine rings is 1. The molecule has 1 aromatic rings. The molecule has 0 atom stereocenters. The molecular formula is C11H16N2O2. The Hall–Kier alpha value is -1.29. The number of methoxy groups -OCH3 is 1. The number of aromatic nitrogens is 1. The monoisotopic (exact) mass is 208 g/mol. The maximum Gasteiger partial charge on any atom is 0.255 e. The molecule has 0 aliphatic carbocycles. The molecular weight excluding hydrogens is 192 g/mol. The van der Waals surface area contributed by atoms with Crippen LogP contribution in [0, 0.1) is 0 Å². The van der Waals surface area contributed by atoms with Crippen molar-refractivity contribution in [3.05, 3.63) is 24.0 Å². The molecule has 1 saturated heterocycles. The van der Waals surface area contributed by atoms with Gasteiger partial charge in [0.15, 0.2) is 0 Å². The Bertz CT molecular complexity index is 313. The van der Waals surface area contributed by atoms with E-state index in [1.165, 1.54) is 0 Å². The van der Waals surface area contributed by atoms with E-state index in [9.17, 15) is 4.79 Å². The Balaban J connectivity index is 1.93. The van der Waals surface area contributed by atoms with Crippen LogP contribution < -0.4 is 0 Å². The number of carbonyl (C=O) groups excluding carboxylic acids is 1. The normalized spacial score (nSPS) is 18.1. The van der Waals surface area contributed by atoms with Gasteiger partial charge in [0.1, 0.15) is 0 Å². The molecule has 2 rings (SSSR count). The summed E-state index contributed by atoms with van der Waals surface area (Å²) in [6, 6.07) is 1.81. The van der Waals surface area contributed by atoms with Crippen molar-refractivity contribution < 1.29 is 9.53 Å².